The van der Waals surface area contributed by atoms with Crippen molar-refractivity contribution in [2.45, 2.75) is 52.6 Å². The van der Waals surface area contributed by atoms with Gasteiger partial charge in [-0.15, -0.1) is 5.10 Å². The van der Waals surface area contributed by atoms with Gasteiger partial charge in [0.2, 0.25) is 0 Å². The van der Waals surface area contributed by atoms with E-state index in [4.69, 9.17) is 20.2 Å². The van der Waals surface area contributed by atoms with E-state index in [0.717, 1.165) is 81.2 Å². The van der Waals surface area contributed by atoms with Crippen molar-refractivity contribution in [1.29, 1.82) is 0 Å². The summed E-state index contributed by atoms with van der Waals surface area (Å²) in [7, 11) is 1.94. The Hall–Kier alpha value is -3.02. The standard InChI is InChI=1S/C26H41N9O2/c1-5-7-22(6-2)37-26-31-23(27)25-30-17-21(35(25)32-26)15-20-14-19(3)24(29-16-20)34-11-9-33(10-12-34)18-36-13-8-28-4/h14,16-17,22,28H,5-13,15,18H2,1-4H3,(H2,27,31,32). The van der Waals surface area contributed by atoms with Crippen LogP contribution in [0.5, 0.6) is 6.01 Å². The molecular formula is C26H41N9O2. The minimum atomic E-state index is 0.0703. The molecule has 3 N–H and O–H groups in total. The number of nitrogens with one attached hydrogen (secondary N) is 1. The van der Waals surface area contributed by atoms with Crippen molar-refractivity contribution in [2.75, 3.05) is 63.7 Å². The van der Waals surface area contributed by atoms with Crippen LogP contribution in [0.1, 0.15) is 49.9 Å². The first-order chi connectivity index (χ1) is 18.0. The number of nitrogens with two attached hydrogens (primary N) is 1. The van der Waals surface area contributed by atoms with E-state index in [2.05, 4.69) is 57.0 Å². The van der Waals surface area contributed by atoms with E-state index in [1.54, 1.807) is 10.7 Å². The van der Waals surface area contributed by atoms with E-state index in [1.807, 2.05) is 13.2 Å². The number of aryl methyl sites for hydroxylation is 1. The van der Waals surface area contributed by atoms with Crippen LogP contribution in [0.4, 0.5) is 11.6 Å². The maximum atomic E-state index is 6.19. The molecule has 4 heterocycles. The summed E-state index contributed by atoms with van der Waals surface area (Å²) in [5, 5.41) is 7.71. The molecule has 3 aromatic rings. The summed E-state index contributed by atoms with van der Waals surface area (Å²) in [4.78, 5) is 18.3. The number of piperazine rings is 1. The molecule has 0 bridgehead atoms. The third-order valence-corrected chi connectivity index (χ3v) is 6.71. The van der Waals surface area contributed by atoms with Gasteiger partial charge in [0.15, 0.2) is 11.5 Å². The Bertz CT molecular complexity index is 1140. The van der Waals surface area contributed by atoms with Gasteiger partial charge in [0.05, 0.1) is 25.2 Å². The van der Waals surface area contributed by atoms with Gasteiger partial charge in [-0.05, 0) is 37.9 Å². The lowest BCUT2D eigenvalue weighted by Crippen LogP contribution is -2.47. The van der Waals surface area contributed by atoms with E-state index >= 15 is 0 Å². The molecule has 0 saturated carbocycles. The number of likely N-dealkylation sites (N-methyl/N-ethyl adjacent to an activating group) is 1. The molecule has 11 heteroatoms. The van der Waals surface area contributed by atoms with E-state index < -0.39 is 0 Å². The zero-order valence-electron chi connectivity index (χ0n) is 22.6. The molecule has 37 heavy (non-hydrogen) atoms. The summed E-state index contributed by atoms with van der Waals surface area (Å²) in [6.45, 7) is 12.5. The van der Waals surface area contributed by atoms with Gasteiger partial charge in [-0.3, -0.25) is 4.90 Å². The second-order valence-corrected chi connectivity index (χ2v) is 9.61. The van der Waals surface area contributed by atoms with Crippen molar-refractivity contribution in [3.05, 3.63) is 35.3 Å². The molecule has 1 saturated heterocycles. The van der Waals surface area contributed by atoms with Gasteiger partial charge in [-0.25, -0.2) is 14.5 Å². The lowest BCUT2D eigenvalue weighted by atomic mass is 10.1. The fraction of sp³-hybridized carbons (Fsp3) is 0.615. The predicted molar refractivity (Wildman–Crippen MR) is 145 cm³/mol. The van der Waals surface area contributed by atoms with Crippen LogP contribution in [0.25, 0.3) is 5.65 Å². The van der Waals surface area contributed by atoms with E-state index in [9.17, 15) is 0 Å². The summed E-state index contributed by atoms with van der Waals surface area (Å²) in [6, 6.07) is 2.49. The van der Waals surface area contributed by atoms with Crippen molar-refractivity contribution in [3.8, 4) is 6.01 Å². The largest absolute Gasteiger partial charge is 0.459 e. The average Bonchev–Trinajstić information content (AvgIpc) is 3.30. The molecule has 1 unspecified atom stereocenters. The molecular weight excluding hydrogens is 470 g/mol. The Balaban J connectivity index is 1.41. The third-order valence-electron chi connectivity index (χ3n) is 6.71. The maximum absolute atomic E-state index is 6.19. The first kappa shape index (κ1) is 27.0. The Morgan fingerprint density at radius 1 is 1.14 bits per heavy atom. The predicted octanol–water partition coefficient (Wildman–Crippen LogP) is 2.27. The zero-order chi connectivity index (χ0) is 26.2. The molecule has 0 spiro atoms. The minimum Gasteiger partial charge on any atom is -0.459 e. The highest BCUT2D eigenvalue weighted by molar-refractivity contribution is 5.60. The van der Waals surface area contributed by atoms with Crippen molar-refractivity contribution in [2.24, 2.45) is 0 Å². The van der Waals surface area contributed by atoms with Crippen LogP contribution in [0.2, 0.25) is 0 Å². The lowest BCUT2D eigenvalue weighted by Gasteiger charge is -2.35. The molecule has 202 valence electrons. The number of pyridine rings is 1. The van der Waals surface area contributed by atoms with Crippen LogP contribution in [0, 0.1) is 6.92 Å². The summed E-state index contributed by atoms with van der Waals surface area (Å²) < 4.78 is 13.5. The summed E-state index contributed by atoms with van der Waals surface area (Å²) in [5.41, 5.74) is 9.90. The second-order valence-electron chi connectivity index (χ2n) is 9.61. The number of imidazole rings is 1. The summed E-state index contributed by atoms with van der Waals surface area (Å²) >= 11 is 0. The number of hydrogen-bond donors (Lipinski definition) is 2. The van der Waals surface area contributed by atoms with Crippen LogP contribution in [0.15, 0.2) is 18.5 Å². The monoisotopic (exact) mass is 511 g/mol. The molecule has 0 radical (unpaired) electrons. The highest BCUT2D eigenvalue weighted by Gasteiger charge is 2.20. The van der Waals surface area contributed by atoms with Crippen LogP contribution in [0.3, 0.4) is 0 Å². The van der Waals surface area contributed by atoms with Gasteiger partial charge in [0, 0.05) is 45.3 Å². The smallest absolute Gasteiger partial charge is 0.336 e. The number of hydrogen-bond acceptors (Lipinski definition) is 10. The average molecular weight is 512 g/mol. The number of fused-ring (bicyclic) bond motifs is 1. The molecule has 1 aliphatic rings. The topological polar surface area (TPSA) is 119 Å². The van der Waals surface area contributed by atoms with Crippen LogP contribution in [-0.2, 0) is 11.2 Å². The number of anilines is 2. The molecule has 1 aliphatic heterocycles. The van der Waals surface area contributed by atoms with E-state index in [-0.39, 0.29) is 6.10 Å². The summed E-state index contributed by atoms with van der Waals surface area (Å²) in [5.74, 6) is 1.36. The normalized spacial score (nSPS) is 15.4. The molecule has 11 nitrogen and oxygen atoms in total. The Morgan fingerprint density at radius 2 is 1.95 bits per heavy atom. The Morgan fingerprint density at radius 3 is 2.65 bits per heavy atom. The van der Waals surface area contributed by atoms with E-state index in [1.165, 1.54) is 0 Å². The van der Waals surface area contributed by atoms with Crippen LogP contribution in [-0.4, -0.2) is 88.7 Å². The fourth-order valence-corrected chi connectivity index (χ4v) is 4.64. The van der Waals surface area contributed by atoms with Crippen molar-refractivity contribution in [1.82, 2.24) is 34.8 Å². The quantitative estimate of drug-likeness (QED) is 0.331. The highest BCUT2D eigenvalue weighted by atomic mass is 16.5. The number of rotatable bonds is 13. The molecule has 0 aliphatic carbocycles. The van der Waals surface area contributed by atoms with E-state index in [0.29, 0.717) is 30.6 Å². The van der Waals surface area contributed by atoms with Gasteiger partial charge in [0.1, 0.15) is 11.9 Å². The van der Waals surface area contributed by atoms with Gasteiger partial charge in [-0.1, -0.05) is 26.3 Å². The lowest BCUT2D eigenvalue weighted by molar-refractivity contribution is 0.0278. The highest BCUT2D eigenvalue weighted by Crippen LogP contribution is 2.23. The van der Waals surface area contributed by atoms with Gasteiger partial charge >= 0.3 is 6.01 Å². The molecule has 0 amide bonds. The van der Waals surface area contributed by atoms with Gasteiger partial charge in [0.25, 0.3) is 0 Å². The second kappa shape index (κ2) is 13.0. The van der Waals surface area contributed by atoms with Crippen LogP contribution >= 0.6 is 0 Å². The van der Waals surface area contributed by atoms with Gasteiger partial charge < -0.3 is 25.4 Å². The number of nitrogen functional groups attached to an aromatic ring is 1. The fourth-order valence-electron chi connectivity index (χ4n) is 4.64. The first-order valence-electron chi connectivity index (χ1n) is 13.3. The molecule has 3 aromatic heterocycles. The van der Waals surface area contributed by atoms with Crippen molar-refractivity contribution < 1.29 is 9.47 Å². The number of ether oxygens (including phenoxy) is 2. The Kier molecular flexibility index (Phi) is 9.48. The van der Waals surface area contributed by atoms with Gasteiger partial charge in [-0.2, -0.15) is 4.98 Å². The number of aromatic nitrogens is 5. The minimum absolute atomic E-state index is 0.0703. The third kappa shape index (κ3) is 6.85. The van der Waals surface area contributed by atoms with Crippen molar-refractivity contribution >= 4 is 17.3 Å². The molecule has 1 atom stereocenters. The maximum Gasteiger partial charge on any atom is 0.336 e. The number of nitrogens with zero attached hydrogens (tertiary/aromatic N) is 7. The Labute approximate surface area is 219 Å². The molecule has 4 rings (SSSR count). The SMILES string of the molecule is CCCC(CC)Oc1nc(N)c2ncc(Cc3cnc(N4CCN(COCCNC)CC4)c(C)c3)n2n1. The molecule has 1 fully saturated rings. The van der Waals surface area contributed by atoms with Crippen molar-refractivity contribution in [3.63, 3.8) is 0 Å². The summed E-state index contributed by atoms with van der Waals surface area (Å²) in [6.07, 6.45) is 7.33. The first-order valence-corrected chi connectivity index (χ1v) is 13.3. The molecule has 0 aromatic carbocycles. The zero-order valence-corrected chi connectivity index (χ0v) is 22.6. The van der Waals surface area contributed by atoms with Crippen LogP contribution < -0.4 is 20.7 Å².